The second-order valence-corrected chi connectivity index (χ2v) is 3.95. The maximum absolute atomic E-state index is 5.98. The van der Waals surface area contributed by atoms with Crippen LogP contribution >= 0.6 is 11.6 Å². The van der Waals surface area contributed by atoms with Crippen molar-refractivity contribution in [1.82, 2.24) is 14.8 Å². The summed E-state index contributed by atoms with van der Waals surface area (Å²) in [5.74, 6) is 0.675. The first-order valence-electron chi connectivity index (χ1n) is 4.86. The van der Waals surface area contributed by atoms with Gasteiger partial charge >= 0.3 is 0 Å². The number of benzene rings is 1. The highest BCUT2D eigenvalue weighted by molar-refractivity contribution is 6.28. The Kier molecular flexibility index (Phi) is 2.73. The predicted molar refractivity (Wildman–Crippen MR) is 60.9 cm³/mol. The summed E-state index contributed by atoms with van der Waals surface area (Å²) in [6, 6.07) is 10.0. The lowest BCUT2D eigenvalue weighted by Crippen LogP contribution is -2.02. The van der Waals surface area contributed by atoms with Crippen LogP contribution in [0.25, 0.3) is 11.4 Å². The zero-order valence-electron chi connectivity index (χ0n) is 8.68. The van der Waals surface area contributed by atoms with Crippen molar-refractivity contribution in [3.63, 3.8) is 0 Å². The third-order valence-corrected chi connectivity index (χ3v) is 2.37. The molecule has 2 rings (SSSR count). The third-order valence-electron chi connectivity index (χ3n) is 2.11. The molecule has 0 aliphatic rings. The molecule has 0 amide bonds. The Bertz CT molecular complexity index is 448. The number of hydrogen-bond acceptors (Lipinski definition) is 2. The summed E-state index contributed by atoms with van der Waals surface area (Å²) in [5, 5.41) is 4.79. The van der Waals surface area contributed by atoms with Crippen LogP contribution in [0, 0.1) is 0 Å². The number of hydrogen-bond donors (Lipinski definition) is 0. The number of aromatic nitrogens is 3. The van der Waals surface area contributed by atoms with Crippen molar-refractivity contribution >= 4 is 11.6 Å². The van der Waals surface area contributed by atoms with E-state index in [4.69, 9.17) is 11.6 Å². The fraction of sp³-hybridized carbons (Fsp3) is 0.273. The van der Waals surface area contributed by atoms with E-state index in [9.17, 15) is 0 Å². The van der Waals surface area contributed by atoms with Crippen molar-refractivity contribution in [3.8, 4) is 11.4 Å². The molecule has 0 aliphatic heterocycles. The Balaban J connectivity index is 2.43. The van der Waals surface area contributed by atoms with E-state index in [1.165, 1.54) is 0 Å². The molecule has 0 unspecified atom stereocenters. The van der Waals surface area contributed by atoms with Gasteiger partial charge in [0.25, 0.3) is 0 Å². The minimum absolute atomic E-state index is 0.225. The maximum atomic E-state index is 5.98. The van der Waals surface area contributed by atoms with Crippen LogP contribution in [0.4, 0.5) is 0 Å². The summed E-state index contributed by atoms with van der Waals surface area (Å²) >= 11 is 5.98. The fourth-order valence-corrected chi connectivity index (χ4v) is 1.66. The van der Waals surface area contributed by atoms with Crippen LogP contribution in [-0.2, 0) is 0 Å². The van der Waals surface area contributed by atoms with E-state index in [1.807, 2.05) is 44.2 Å². The lowest BCUT2D eigenvalue weighted by molar-refractivity contribution is 0.533. The van der Waals surface area contributed by atoms with Crippen molar-refractivity contribution in [2.75, 3.05) is 0 Å². The second kappa shape index (κ2) is 4.03. The summed E-state index contributed by atoms with van der Waals surface area (Å²) in [6.45, 7) is 4.05. The van der Waals surface area contributed by atoms with E-state index in [2.05, 4.69) is 10.1 Å². The summed E-state index contributed by atoms with van der Waals surface area (Å²) < 4.78 is 1.71. The smallest absolute Gasteiger partial charge is 0.221 e. The molecular weight excluding hydrogens is 210 g/mol. The third kappa shape index (κ3) is 2.02. The molecule has 2 aromatic rings. The molecule has 0 atom stereocenters. The molecular formula is C11H12ClN3. The molecule has 0 N–H and O–H groups in total. The molecule has 0 aliphatic carbocycles. The molecule has 0 bridgehead atoms. The van der Waals surface area contributed by atoms with E-state index in [0.717, 1.165) is 5.56 Å². The van der Waals surface area contributed by atoms with Gasteiger partial charge in [-0.2, -0.15) is 4.98 Å². The lowest BCUT2D eigenvalue weighted by Gasteiger charge is -2.03. The van der Waals surface area contributed by atoms with Crippen molar-refractivity contribution in [2.24, 2.45) is 0 Å². The first-order chi connectivity index (χ1) is 7.18. The van der Waals surface area contributed by atoms with Crippen molar-refractivity contribution in [2.45, 2.75) is 19.9 Å². The van der Waals surface area contributed by atoms with Gasteiger partial charge < -0.3 is 0 Å². The lowest BCUT2D eigenvalue weighted by atomic mass is 10.2. The highest BCUT2D eigenvalue weighted by atomic mass is 35.5. The molecule has 0 spiro atoms. The quantitative estimate of drug-likeness (QED) is 0.780. The molecule has 1 aromatic carbocycles. The second-order valence-electron chi connectivity index (χ2n) is 3.61. The van der Waals surface area contributed by atoms with E-state index < -0.39 is 0 Å². The summed E-state index contributed by atoms with van der Waals surface area (Å²) in [6.07, 6.45) is 0. The SMILES string of the molecule is CC(C)n1nc(-c2ccccc2)nc1Cl. The number of halogens is 1. The summed E-state index contributed by atoms with van der Waals surface area (Å²) in [5.41, 5.74) is 0.985. The molecule has 0 saturated carbocycles. The predicted octanol–water partition coefficient (Wildman–Crippen LogP) is 3.18. The van der Waals surface area contributed by atoms with Crippen LogP contribution in [0.15, 0.2) is 30.3 Å². The van der Waals surface area contributed by atoms with E-state index in [1.54, 1.807) is 4.68 Å². The molecule has 0 saturated heterocycles. The Morgan fingerprint density at radius 3 is 2.40 bits per heavy atom. The Hall–Kier alpha value is -1.35. The van der Waals surface area contributed by atoms with E-state index in [-0.39, 0.29) is 6.04 Å². The summed E-state index contributed by atoms with van der Waals surface area (Å²) in [7, 11) is 0. The monoisotopic (exact) mass is 221 g/mol. The van der Waals surface area contributed by atoms with Gasteiger partial charge in [-0.25, -0.2) is 4.68 Å². The van der Waals surface area contributed by atoms with Gasteiger partial charge in [-0.1, -0.05) is 30.3 Å². The van der Waals surface area contributed by atoms with E-state index >= 15 is 0 Å². The topological polar surface area (TPSA) is 30.7 Å². The zero-order valence-corrected chi connectivity index (χ0v) is 9.44. The van der Waals surface area contributed by atoms with Crippen molar-refractivity contribution in [1.29, 1.82) is 0 Å². The highest BCUT2D eigenvalue weighted by Crippen LogP contribution is 2.19. The molecule has 3 nitrogen and oxygen atoms in total. The number of nitrogens with zero attached hydrogens (tertiary/aromatic N) is 3. The van der Waals surface area contributed by atoms with Gasteiger partial charge in [0.1, 0.15) is 0 Å². The first kappa shape index (κ1) is 10.2. The van der Waals surface area contributed by atoms with Gasteiger partial charge in [0.2, 0.25) is 5.28 Å². The molecule has 1 heterocycles. The van der Waals surface area contributed by atoms with Crippen molar-refractivity contribution < 1.29 is 0 Å². The Morgan fingerprint density at radius 2 is 1.87 bits per heavy atom. The van der Waals surface area contributed by atoms with Gasteiger partial charge in [0, 0.05) is 11.6 Å². The van der Waals surface area contributed by atoms with Gasteiger partial charge in [-0.15, -0.1) is 5.10 Å². The normalized spacial score (nSPS) is 10.9. The average molecular weight is 222 g/mol. The van der Waals surface area contributed by atoms with Crippen molar-refractivity contribution in [3.05, 3.63) is 35.6 Å². The zero-order chi connectivity index (χ0) is 10.8. The molecule has 4 heteroatoms. The van der Waals surface area contributed by atoms with Crippen LogP contribution < -0.4 is 0 Å². The standard InChI is InChI=1S/C11H12ClN3/c1-8(2)15-11(12)13-10(14-15)9-6-4-3-5-7-9/h3-8H,1-2H3. The van der Waals surface area contributed by atoms with Crippen LogP contribution in [-0.4, -0.2) is 14.8 Å². The van der Waals surface area contributed by atoms with Crippen LogP contribution in [0.3, 0.4) is 0 Å². The average Bonchev–Trinajstić information content (AvgIpc) is 2.62. The van der Waals surface area contributed by atoms with E-state index in [0.29, 0.717) is 11.1 Å². The Labute approximate surface area is 93.7 Å². The van der Waals surface area contributed by atoms with Gasteiger partial charge in [-0.05, 0) is 25.4 Å². The van der Waals surface area contributed by atoms with Gasteiger partial charge in [0.05, 0.1) is 0 Å². The largest absolute Gasteiger partial charge is 0.233 e. The molecule has 0 radical (unpaired) electrons. The maximum Gasteiger partial charge on any atom is 0.221 e. The van der Waals surface area contributed by atoms with Gasteiger partial charge in [0.15, 0.2) is 5.82 Å². The minimum Gasteiger partial charge on any atom is -0.233 e. The molecule has 78 valence electrons. The van der Waals surface area contributed by atoms with Crippen LogP contribution in [0.1, 0.15) is 19.9 Å². The number of rotatable bonds is 2. The first-order valence-corrected chi connectivity index (χ1v) is 5.23. The van der Waals surface area contributed by atoms with Crippen LogP contribution in [0.5, 0.6) is 0 Å². The molecule has 1 aromatic heterocycles. The summed E-state index contributed by atoms with van der Waals surface area (Å²) in [4.78, 5) is 4.22. The molecule has 0 fully saturated rings. The minimum atomic E-state index is 0.225. The highest BCUT2D eigenvalue weighted by Gasteiger charge is 2.11. The van der Waals surface area contributed by atoms with Crippen LogP contribution in [0.2, 0.25) is 5.28 Å². The Morgan fingerprint density at radius 1 is 1.20 bits per heavy atom. The van der Waals surface area contributed by atoms with Gasteiger partial charge in [-0.3, -0.25) is 0 Å². The molecule has 15 heavy (non-hydrogen) atoms. The fourth-order valence-electron chi connectivity index (χ4n) is 1.34.